The zero-order valence-electron chi connectivity index (χ0n) is 75.8. The lowest BCUT2D eigenvalue weighted by atomic mass is 10.0. The third kappa shape index (κ3) is 89.6. The highest BCUT2D eigenvalue weighted by Crippen LogP contribution is 2.45. The normalized spacial score (nSPS) is 13.6. The maximum absolute atomic E-state index is 13.2. The van der Waals surface area contributed by atoms with Crippen molar-refractivity contribution in [1.29, 1.82) is 0 Å². The number of hydrogen-bond donors (Lipinski definition) is 3. The monoisotopic (exact) mass is 1680 g/mol. The van der Waals surface area contributed by atoms with Crippen LogP contribution in [0.3, 0.4) is 0 Å². The van der Waals surface area contributed by atoms with Gasteiger partial charge >= 0.3 is 39.5 Å². The first kappa shape index (κ1) is 113. The van der Waals surface area contributed by atoms with Gasteiger partial charge in [0.25, 0.3) is 0 Å². The Morgan fingerprint density at radius 2 is 0.348 bits per heavy atom. The first-order valence-electron chi connectivity index (χ1n) is 49.8. The summed E-state index contributed by atoms with van der Waals surface area (Å²) in [7, 11) is -9.94. The van der Waals surface area contributed by atoms with Crippen molar-refractivity contribution in [2.24, 2.45) is 0 Å². The van der Waals surface area contributed by atoms with Crippen molar-refractivity contribution in [2.45, 2.75) is 553 Å². The van der Waals surface area contributed by atoms with Gasteiger partial charge < -0.3 is 33.8 Å². The molecule has 0 saturated heterocycles. The average molecular weight is 1680 g/mol. The molecular weight excluding hydrogens is 1490 g/mol. The van der Waals surface area contributed by atoms with Gasteiger partial charge in [-0.1, -0.05) is 484 Å². The minimum Gasteiger partial charge on any atom is -0.462 e. The van der Waals surface area contributed by atoms with Crippen LogP contribution in [0.2, 0.25) is 0 Å². The van der Waals surface area contributed by atoms with Crippen LogP contribution in [-0.4, -0.2) is 96.7 Å². The highest BCUT2D eigenvalue weighted by atomic mass is 31.2. The smallest absolute Gasteiger partial charge is 0.462 e. The van der Waals surface area contributed by atoms with Gasteiger partial charge in [-0.05, 0) is 25.7 Å². The van der Waals surface area contributed by atoms with E-state index in [0.29, 0.717) is 25.7 Å². The highest BCUT2D eigenvalue weighted by molar-refractivity contribution is 7.47. The van der Waals surface area contributed by atoms with Crippen LogP contribution in [0.4, 0.5) is 0 Å². The van der Waals surface area contributed by atoms with E-state index in [1.54, 1.807) is 0 Å². The van der Waals surface area contributed by atoms with Crippen LogP contribution in [0.25, 0.3) is 0 Å². The van der Waals surface area contributed by atoms with E-state index in [1.165, 1.54) is 366 Å². The minimum atomic E-state index is -4.97. The molecule has 3 N–H and O–H groups in total. The summed E-state index contributed by atoms with van der Waals surface area (Å²) in [6.45, 7) is 5.09. The van der Waals surface area contributed by atoms with Crippen molar-refractivity contribution in [1.82, 2.24) is 0 Å². The van der Waals surface area contributed by atoms with E-state index < -0.39 is 97.5 Å². The number of ether oxygens (including phenoxy) is 4. The Hall–Kier alpha value is -1.94. The summed E-state index contributed by atoms with van der Waals surface area (Å²) in [4.78, 5) is 73.5. The van der Waals surface area contributed by atoms with Gasteiger partial charge in [-0.15, -0.1) is 0 Å². The summed E-state index contributed by atoms with van der Waals surface area (Å²) >= 11 is 0. The number of unbranched alkanes of at least 4 members (excludes halogenated alkanes) is 71. The lowest BCUT2D eigenvalue weighted by Crippen LogP contribution is -2.30. The maximum atomic E-state index is 13.2. The molecule has 0 aromatic carbocycles. The Balaban J connectivity index is 5.16. The Labute approximate surface area is 708 Å². The molecule has 0 spiro atoms. The summed E-state index contributed by atoms with van der Waals surface area (Å²) in [5.74, 6) is -2.09. The van der Waals surface area contributed by atoms with Crippen LogP contribution in [-0.2, 0) is 65.4 Å². The fraction of sp³-hybridized carbons (Fsp3) is 0.958. The van der Waals surface area contributed by atoms with Crippen molar-refractivity contribution < 1.29 is 80.2 Å². The minimum absolute atomic E-state index is 0.110. The zero-order chi connectivity index (χ0) is 83.8. The fourth-order valence-electron chi connectivity index (χ4n) is 15.3. The summed E-state index contributed by atoms with van der Waals surface area (Å²) in [6.07, 6.45) is 89.4. The second-order valence-electron chi connectivity index (χ2n) is 34.5. The van der Waals surface area contributed by atoms with Crippen molar-refractivity contribution in [3.63, 3.8) is 0 Å². The number of carbonyl (C=O) groups is 4. The van der Waals surface area contributed by atoms with Crippen LogP contribution < -0.4 is 0 Å². The fourth-order valence-corrected chi connectivity index (χ4v) is 16.9. The molecule has 0 fully saturated rings. The van der Waals surface area contributed by atoms with Crippen molar-refractivity contribution in [3.8, 4) is 0 Å². The molecule has 5 atom stereocenters. The van der Waals surface area contributed by atoms with E-state index in [-0.39, 0.29) is 25.7 Å². The predicted octanol–water partition coefficient (Wildman–Crippen LogP) is 30.4. The number of esters is 4. The summed E-state index contributed by atoms with van der Waals surface area (Å²) in [5, 5.41) is 10.7. The van der Waals surface area contributed by atoms with Gasteiger partial charge in [-0.25, -0.2) is 9.13 Å². The van der Waals surface area contributed by atoms with Gasteiger partial charge in [0, 0.05) is 25.7 Å². The molecule has 0 aliphatic carbocycles. The standard InChI is InChI=1S/C96H188O17P2/c1-5-9-13-17-21-25-28-31-34-37-40-43-46-49-52-55-58-61-65-69-73-77-81-94(99)107-87-92(113-96(101)83-79-75-71-67-63-60-57-54-51-48-45-42-39-36-33-30-27-23-19-15-11-7-3)89-111-115(104,105)109-85-90(97)84-108-114(102,103)110-88-91(86-106-93(98)80-76-72-68-64-24-20-16-12-8-4)112-95(100)82-78-74-70-66-62-59-56-53-50-47-44-41-38-35-32-29-26-22-18-14-10-6-2/h90-92,97H,5-89H2,1-4H3,(H,102,103)(H,104,105)/t90-,91+,92+/m0/s1. The molecule has 0 amide bonds. The van der Waals surface area contributed by atoms with Gasteiger partial charge in [-0.3, -0.25) is 37.3 Å². The summed E-state index contributed by atoms with van der Waals surface area (Å²) < 4.78 is 69.1. The van der Waals surface area contributed by atoms with Crippen molar-refractivity contribution in [2.75, 3.05) is 39.6 Å². The summed E-state index contributed by atoms with van der Waals surface area (Å²) in [5.41, 5.74) is 0. The lowest BCUT2D eigenvalue weighted by Gasteiger charge is -2.21. The number of phosphoric acid groups is 2. The van der Waals surface area contributed by atoms with Gasteiger partial charge in [0.15, 0.2) is 12.2 Å². The number of rotatable bonds is 97. The molecule has 2 unspecified atom stereocenters. The molecule has 115 heavy (non-hydrogen) atoms. The molecule has 0 radical (unpaired) electrons. The zero-order valence-corrected chi connectivity index (χ0v) is 77.6. The Bertz CT molecular complexity index is 2160. The van der Waals surface area contributed by atoms with E-state index in [1.807, 2.05) is 0 Å². The Morgan fingerprint density at radius 1 is 0.209 bits per heavy atom. The predicted molar refractivity (Wildman–Crippen MR) is 479 cm³/mol. The van der Waals surface area contributed by atoms with Gasteiger partial charge in [-0.2, -0.15) is 0 Å². The van der Waals surface area contributed by atoms with Crippen LogP contribution in [0.1, 0.15) is 535 Å². The Morgan fingerprint density at radius 3 is 0.513 bits per heavy atom. The number of carbonyl (C=O) groups excluding carboxylic acids is 4. The van der Waals surface area contributed by atoms with Crippen molar-refractivity contribution in [3.05, 3.63) is 0 Å². The topological polar surface area (TPSA) is 237 Å². The maximum Gasteiger partial charge on any atom is 0.472 e. The second kappa shape index (κ2) is 89.8. The van der Waals surface area contributed by atoms with Crippen LogP contribution in [0, 0.1) is 0 Å². The molecule has 19 heteroatoms. The van der Waals surface area contributed by atoms with E-state index in [4.69, 9.17) is 37.0 Å². The van der Waals surface area contributed by atoms with Crippen molar-refractivity contribution >= 4 is 39.5 Å². The largest absolute Gasteiger partial charge is 0.472 e. The number of phosphoric ester groups is 2. The third-order valence-corrected chi connectivity index (χ3v) is 24.8. The van der Waals surface area contributed by atoms with E-state index in [9.17, 15) is 43.2 Å². The average Bonchev–Trinajstić information content (AvgIpc) is 0.896. The Kier molecular flexibility index (Phi) is 88.3. The summed E-state index contributed by atoms with van der Waals surface area (Å²) in [6, 6.07) is 0. The van der Waals surface area contributed by atoms with Crippen LogP contribution >= 0.6 is 15.6 Å². The molecule has 684 valence electrons. The first-order valence-corrected chi connectivity index (χ1v) is 52.8. The first-order chi connectivity index (χ1) is 56.2. The molecular formula is C96H188O17P2. The van der Waals surface area contributed by atoms with Gasteiger partial charge in [0.1, 0.15) is 19.3 Å². The molecule has 0 heterocycles. The molecule has 0 aliphatic rings. The molecule has 0 aromatic heterocycles. The molecule has 0 bridgehead atoms. The second-order valence-corrected chi connectivity index (χ2v) is 37.4. The molecule has 0 saturated carbocycles. The lowest BCUT2D eigenvalue weighted by molar-refractivity contribution is -0.161. The van der Waals surface area contributed by atoms with Crippen LogP contribution in [0.5, 0.6) is 0 Å². The third-order valence-electron chi connectivity index (χ3n) is 22.9. The highest BCUT2D eigenvalue weighted by Gasteiger charge is 2.31. The van der Waals surface area contributed by atoms with Crippen LogP contribution in [0.15, 0.2) is 0 Å². The number of hydrogen-bond acceptors (Lipinski definition) is 15. The molecule has 0 aromatic rings. The SMILES string of the molecule is CCCCCCCCCCCCCCCCCCCCCCCCC(=O)OC[C@H](COP(=O)(O)OC[C@@H](O)COP(=O)(O)OC[C@@H](COC(=O)CCCCCCCCCCC)OC(=O)CCCCCCCCCCCCCCCCCCCCCCCC)OC(=O)CCCCCCCCCCCCCCCCCCCCCCCC. The molecule has 0 rings (SSSR count). The molecule has 17 nitrogen and oxygen atoms in total. The quantitative estimate of drug-likeness (QED) is 0.0222. The van der Waals surface area contributed by atoms with E-state index >= 15 is 0 Å². The number of aliphatic hydroxyl groups excluding tert-OH is 1. The van der Waals surface area contributed by atoms with Gasteiger partial charge in [0.05, 0.1) is 26.4 Å². The number of aliphatic hydroxyl groups is 1. The molecule has 0 aliphatic heterocycles. The van der Waals surface area contributed by atoms with E-state index in [0.717, 1.165) is 89.9 Å². The van der Waals surface area contributed by atoms with E-state index in [2.05, 4.69) is 27.7 Å². The van der Waals surface area contributed by atoms with Gasteiger partial charge in [0.2, 0.25) is 0 Å².